The summed E-state index contributed by atoms with van der Waals surface area (Å²) in [6.07, 6.45) is 7.66. The lowest BCUT2D eigenvalue weighted by molar-refractivity contribution is -0.111. The van der Waals surface area contributed by atoms with Crippen LogP contribution in [0.25, 0.3) is 6.08 Å². The summed E-state index contributed by atoms with van der Waals surface area (Å²) >= 11 is 3.41. The zero-order chi connectivity index (χ0) is 20.6. The number of halogens is 1. The van der Waals surface area contributed by atoms with E-state index in [9.17, 15) is 9.59 Å². The number of aromatic nitrogens is 2. The highest BCUT2D eigenvalue weighted by molar-refractivity contribution is 9.08. The van der Waals surface area contributed by atoms with Gasteiger partial charge < -0.3 is 10.6 Å². The summed E-state index contributed by atoms with van der Waals surface area (Å²) in [5.41, 5.74) is 4.38. The molecule has 0 aliphatic heterocycles. The van der Waals surface area contributed by atoms with Gasteiger partial charge in [-0.1, -0.05) is 34.1 Å². The topological polar surface area (TPSA) is 84.0 Å². The second kappa shape index (κ2) is 9.75. The third-order valence-corrected chi connectivity index (χ3v) is 4.75. The van der Waals surface area contributed by atoms with Crippen molar-refractivity contribution < 1.29 is 9.59 Å². The number of carbonyl (C=O) groups is 2. The Bertz CT molecular complexity index is 1050. The molecule has 0 aliphatic rings. The van der Waals surface area contributed by atoms with Crippen molar-refractivity contribution in [3.05, 3.63) is 89.5 Å². The van der Waals surface area contributed by atoms with Crippen LogP contribution in [0.2, 0.25) is 0 Å². The Morgan fingerprint density at radius 3 is 2.62 bits per heavy atom. The smallest absolute Gasteiger partial charge is 0.255 e. The molecular weight excluding hydrogens is 432 g/mol. The van der Waals surface area contributed by atoms with Gasteiger partial charge in [0.1, 0.15) is 6.33 Å². The summed E-state index contributed by atoms with van der Waals surface area (Å²) in [6.45, 7) is 1.87. The lowest BCUT2D eigenvalue weighted by atomic mass is 10.1. The van der Waals surface area contributed by atoms with Crippen LogP contribution in [0.4, 0.5) is 11.4 Å². The van der Waals surface area contributed by atoms with E-state index in [-0.39, 0.29) is 11.8 Å². The molecule has 146 valence electrons. The van der Waals surface area contributed by atoms with Crippen molar-refractivity contribution in [2.24, 2.45) is 0 Å². The summed E-state index contributed by atoms with van der Waals surface area (Å²) < 4.78 is 0. The van der Waals surface area contributed by atoms with E-state index in [1.807, 2.05) is 31.2 Å². The minimum absolute atomic E-state index is 0.246. The number of aryl methyl sites for hydroxylation is 1. The molecule has 2 aromatic carbocycles. The first-order valence-electron chi connectivity index (χ1n) is 8.86. The van der Waals surface area contributed by atoms with E-state index in [0.29, 0.717) is 22.3 Å². The SMILES string of the molecule is Cc1ccc(C(=O)Nc2cccc(CBr)c2)cc1NC(=O)/C=C/c1cncnc1. The standard InChI is InChI=1S/C22H19BrN4O2/c1-15-5-7-18(22(29)26-19-4-2-3-16(9-19)11-23)10-20(15)27-21(28)8-6-17-12-24-14-25-13-17/h2-10,12-14H,11H2,1H3,(H,26,29)(H,27,28)/b8-6+. The fourth-order valence-corrected chi connectivity index (χ4v) is 2.93. The molecular formula is C22H19BrN4O2. The Morgan fingerprint density at radius 1 is 1.07 bits per heavy atom. The van der Waals surface area contributed by atoms with Crippen LogP contribution in [-0.2, 0) is 10.1 Å². The van der Waals surface area contributed by atoms with Gasteiger partial charge in [-0.25, -0.2) is 9.97 Å². The maximum Gasteiger partial charge on any atom is 0.255 e. The van der Waals surface area contributed by atoms with Gasteiger partial charge in [-0.2, -0.15) is 0 Å². The Balaban J connectivity index is 1.71. The Hall–Kier alpha value is -3.32. The number of amides is 2. The van der Waals surface area contributed by atoms with Crippen LogP contribution in [0.3, 0.4) is 0 Å². The number of hydrogen-bond acceptors (Lipinski definition) is 4. The van der Waals surface area contributed by atoms with Gasteiger partial charge in [0, 0.05) is 46.3 Å². The molecule has 29 heavy (non-hydrogen) atoms. The molecule has 0 radical (unpaired) electrons. The Kier molecular flexibility index (Phi) is 6.86. The molecule has 0 saturated carbocycles. The van der Waals surface area contributed by atoms with Gasteiger partial charge in [0.2, 0.25) is 5.91 Å². The quantitative estimate of drug-likeness (QED) is 0.425. The van der Waals surface area contributed by atoms with Gasteiger partial charge in [-0.3, -0.25) is 9.59 Å². The van der Waals surface area contributed by atoms with Crippen molar-refractivity contribution in [1.82, 2.24) is 9.97 Å². The molecule has 2 N–H and O–H groups in total. The number of rotatable bonds is 6. The Morgan fingerprint density at radius 2 is 1.86 bits per heavy atom. The lowest BCUT2D eigenvalue weighted by Gasteiger charge is -2.10. The minimum Gasteiger partial charge on any atom is -0.322 e. The molecule has 0 atom stereocenters. The maximum atomic E-state index is 12.6. The fourth-order valence-electron chi connectivity index (χ4n) is 2.58. The molecule has 3 rings (SSSR count). The normalized spacial score (nSPS) is 10.7. The third-order valence-electron chi connectivity index (χ3n) is 4.10. The summed E-state index contributed by atoms with van der Waals surface area (Å²) in [5.74, 6) is -0.552. The van der Waals surface area contributed by atoms with Crippen molar-refractivity contribution in [2.45, 2.75) is 12.3 Å². The van der Waals surface area contributed by atoms with Crippen LogP contribution >= 0.6 is 15.9 Å². The molecule has 0 unspecified atom stereocenters. The highest BCUT2D eigenvalue weighted by Gasteiger charge is 2.10. The maximum absolute atomic E-state index is 12.6. The molecule has 1 aromatic heterocycles. The van der Waals surface area contributed by atoms with Gasteiger partial charge >= 0.3 is 0 Å². The summed E-state index contributed by atoms with van der Waals surface area (Å²) in [7, 11) is 0. The van der Waals surface area contributed by atoms with E-state index in [2.05, 4.69) is 36.5 Å². The predicted octanol–water partition coefficient (Wildman–Crippen LogP) is 4.58. The number of hydrogen-bond donors (Lipinski definition) is 2. The molecule has 0 spiro atoms. The number of anilines is 2. The molecule has 7 heteroatoms. The summed E-state index contributed by atoms with van der Waals surface area (Å²) in [5, 5.41) is 6.39. The van der Waals surface area contributed by atoms with E-state index in [1.165, 1.54) is 12.4 Å². The van der Waals surface area contributed by atoms with Crippen molar-refractivity contribution in [3.63, 3.8) is 0 Å². The number of nitrogens with zero attached hydrogens (tertiary/aromatic N) is 2. The first-order valence-corrected chi connectivity index (χ1v) is 9.98. The zero-order valence-electron chi connectivity index (χ0n) is 15.7. The molecule has 6 nitrogen and oxygen atoms in total. The van der Waals surface area contributed by atoms with Crippen molar-refractivity contribution >= 4 is 45.2 Å². The largest absolute Gasteiger partial charge is 0.322 e. The third kappa shape index (κ3) is 5.83. The van der Waals surface area contributed by atoms with E-state index >= 15 is 0 Å². The van der Waals surface area contributed by atoms with E-state index in [4.69, 9.17) is 0 Å². The first kappa shape index (κ1) is 20.4. The van der Waals surface area contributed by atoms with Gasteiger partial charge in [-0.05, 0) is 48.4 Å². The molecule has 1 heterocycles. The van der Waals surface area contributed by atoms with Crippen LogP contribution in [0, 0.1) is 6.92 Å². The second-order valence-electron chi connectivity index (χ2n) is 6.31. The predicted molar refractivity (Wildman–Crippen MR) is 118 cm³/mol. The van der Waals surface area contributed by atoms with Gasteiger partial charge in [-0.15, -0.1) is 0 Å². The number of nitrogens with one attached hydrogen (secondary N) is 2. The summed E-state index contributed by atoms with van der Waals surface area (Å²) in [4.78, 5) is 32.6. The van der Waals surface area contributed by atoms with Crippen molar-refractivity contribution in [1.29, 1.82) is 0 Å². The van der Waals surface area contributed by atoms with Gasteiger partial charge in [0.15, 0.2) is 0 Å². The number of alkyl halides is 1. The van der Waals surface area contributed by atoms with Gasteiger partial charge in [0.25, 0.3) is 5.91 Å². The van der Waals surface area contributed by atoms with Crippen LogP contribution < -0.4 is 10.6 Å². The van der Waals surface area contributed by atoms with Crippen LogP contribution in [0.15, 0.2) is 67.3 Å². The molecule has 0 bridgehead atoms. The van der Waals surface area contributed by atoms with Crippen molar-refractivity contribution in [3.8, 4) is 0 Å². The number of benzene rings is 2. The second-order valence-corrected chi connectivity index (χ2v) is 6.87. The van der Waals surface area contributed by atoms with E-state index in [0.717, 1.165) is 16.7 Å². The Labute approximate surface area is 177 Å². The average molecular weight is 451 g/mol. The molecule has 3 aromatic rings. The molecule has 0 aliphatic carbocycles. The molecule has 0 fully saturated rings. The lowest BCUT2D eigenvalue weighted by Crippen LogP contribution is -2.14. The van der Waals surface area contributed by atoms with Crippen LogP contribution in [0.1, 0.15) is 27.0 Å². The van der Waals surface area contributed by atoms with Crippen LogP contribution in [-0.4, -0.2) is 21.8 Å². The fraction of sp³-hybridized carbons (Fsp3) is 0.0909. The van der Waals surface area contributed by atoms with E-state index in [1.54, 1.807) is 36.7 Å². The van der Waals surface area contributed by atoms with E-state index < -0.39 is 0 Å². The van der Waals surface area contributed by atoms with Gasteiger partial charge in [0.05, 0.1) is 0 Å². The highest BCUT2D eigenvalue weighted by Crippen LogP contribution is 2.19. The number of carbonyl (C=O) groups excluding carboxylic acids is 2. The molecule has 2 amide bonds. The summed E-state index contributed by atoms with van der Waals surface area (Å²) in [6, 6.07) is 12.8. The highest BCUT2D eigenvalue weighted by atomic mass is 79.9. The average Bonchev–Trinajstić information content (AvgIpc) is 2.74. The molecule has 0 saturated heterocycles. The first-order chi connectivity index (χ1) is 14.0. The zero-order valence-corrected chi connectivity index (χ0v) is 17.3. The van der Waals surface area contributed by atoms with Crippen LogP contribution in [0.5, 0.6) is 0 Å². The van der Waals surface area contributed by atoms with Crippen molar-refractivity contribution in [2.75, 3.05) is 10.6 Å². The minimum atomic E-state index is -0.306. The monoisotopic (exact) mass is 450 g/mol.